The number of nitrogens with two attached hydrogens (primary N) is 1. The van der Waals surface area contributed by atoms with Gasteiger partial charge >= 0.3 is 0 Å². The highest BCUT2D eigenvalue weighted by atomic mass is 16.5. The lowest BCUT2D eigenvalue weighted by Crippen LogP contribution is -2.09. The molecule has 3 aromatic rings. The molecular weight excluding hydrogens is 276 g/mol. The molecule has 2 N–H and O–H groups in total. The molecule has 0 radical (unpaired) electrons. The molecule has 2 aromatic carbocycles. The van der Waals surface area contributed by atoms with Crippen LogP contribution in [0.15, 0.2) is 30.3 Å². The number of ether oxygens (including phenoxy) is 1. The summed E-state index contributed by atoms with van der Waals surface area (Å²) in [6.07, 6.45) is 0. The molecule has 1 aromatic heterocycles. The number of benzene rings is 2. The van der Waals surface area contributed by atoms with E-state index in [1.807, 2.05) is 29.8 Å². The molecule has 3 rings (SSSR count). The number of nitrogen functional groups attached to an aromatic ring is 1. The average Bonchev–Trinajstić information content (AvgIpc) is 2.86. The molecule has 0 aliphatic carbocycles. The highest BCUT2D eigenvalue weighted by molar-refractivity contribution is 5.76. The van der Waals surface area contributed by atoms with Crippen LogP contribution in [0.3, 0.4) is 0 Å². The minimum atomic E-state index is 0.536. The second kappa shape index (κ2) is 5.67. The summed E-state index contributed by atoms with van der Waals surface area (Å²) in [6.45, 7) is 7.34. The predicted octanol–water partition coefficient (Wildman–Crippen LogP) is 3.02. The van der Waals surface area contributed by atoms with Gasteiger partial charge in [-0.15, -0.1) is 5.10 Å². The van der Waals surface area contributed by atoms with Gasteiger partial charge in [-0.05, 0) is 67.8 Å². The molecule has 0 bridgehead atoms. The lowest BCUT2D eigenvalue weighted by atomic mass is 10.1. The van der Waals surface area contributed by atoms with E-state index in [0.717, 1.165) is 28.0 Å². The summed E-state index contributed by atoms with van der Waals surface area (Å²) in [5.41, 5.74) is 12.0. The van der Waals surface area contributed by atoms with Gasteiger partial charge < -0.3 is 10.5 Å². The second-order valence-electron chi connectivity index (χ2n) is 5.60. The molecule has 22 heavy (non-hydrogen) atoms. The molecule has 0 unspecified atom stereocenters. The van der Waals surface area contributed by atoms with Crippen molar-refractivity contribution in [3.8, 4) is 5.75 Å². The molecule has 5 nitrogen and oxygen atoms in total. The van der Waals surface area contributed by atoms with E-state index in [2.05, 4.69) is 36.3 Å². The highest BCUT2D eigenvalue weighted by Crippen LogP contribution is 2.19. The fraction of sp³-hybridized carbons (Fsp3) is 0.294. The summed E-state index contributed by atoms with van der Waals surface area (Å²) in [7, 11) is 0. The van der Waals surface area contributed by atoms with Crippen molar-refractivity contribution in [1.29, 1.82) is 0 Å². The number of anilines is 1. The third-order valence-electron chi connectivity index (χ3n) is 3.94. The fourth-order valence-electron chi connectivity index (χ4n) is 2.38. The summed E-state index contributed by atoms with van der Waals surface area (Å²) in [5, 5.41) is 8.42. The Balaban J connectivity index is 1.71. The van der Waals surface area contributed by atoms with Gasteiger partial charge in [-0.2, -0.15) is 0 Å². The smallest absolute Gasteiger partial charge is 0.119 e. The number of rotatable bonds is 4. The molecule has 0 saturated carbocycles. The van der Waals surface area contributed by atoms with E-state index in [1.54, 1.807) is 0 Å². The molecule has 114 valence electrons. The number of nitrogens with zero attached hydrogens (tertiary/aromatic N) is 3. The van der Waals surface area contributed by atoms with Crippen LogP contribution in [0.1, 0.15) is 16.7 Å². The SMILES string of the molecule is Cc1cc2nnn(CCOc3ccc(N)c(C)c3)c2cc1C. The maximum atomic E-state index is 5.81. The summed E-state index contributed by atoms with van der Waals surface area (Å²) in [6, 6.07) is 9.88. The molecule has 5 heteroatoms. The van der Waals surface area contributed by atoms with Gasteiger partial charge in [0.25, 0.3) is 0 Å². The van der Waals surface area contributed by atoms with Crippen molar-refractivity contribution < 1.29 is 4.74 Å². The molecule has 0 amide bonds. The van der Waals surface area contributed by atoms with Crippen LogP contribution in [0.4, 0.5) is 5.69 Å². The number of hydrogen-bond donors (Lipinski definition) is 1. The second-order valence-corrected chi connectivity index (χ2v) is 5.60. The van der Waals surface area contributed by atoms with Gasteiger partial charge in [-0.1, -0.05) is 5.21 Å². The maximum Gasteiger partial charge on any atom is 0.119 e. The standard InChI is InChI=1S/C17H20N4O/c1-11-9-16-17(10-12(11)2)21(20-19-16)6-7-22-14-4-5-15(18)13(3)8-14/h4-5,8-10H,6-7,18H2,1-3H3. The molecule has 0 saturated heterocycles. The molecule has 0 fully saturated rings. The van der Waals surface area contributed by atoms with Crippen LogP contribution in [-0.2, 0) is 6.54 Å². The van der Waals surface area contributed by atoms with Crippen LogP contribution in [-0.4, -0.2) is 21.6 Å². The van der Waals surface area contributed by atoms with Crippen LogP contribution < -0.4 is 10.5 Å². The summed E-state index contributed by atoms with van der Waals surface area (Å²) >= 11 is 0. The lowest BCUT2D eigenvalue weighted by molar-refractivity contribution is 0.292. The molecule has 0 atom stereocenters. The van der Waals surface area contributed by atoms with E-state index < -0.39 is 0 Å². The van der Waals surface area contributed by atoms with E-state index in [0.29, 0.717) is 13.2 Å². The molecular formula is C17H20N4O. The van der Waals surface area contributed by atoms with Crippen molar-refractivity contribution in [2.75, 3.05) is 12.3 Å². The first kappa shape index (κ1) is 14.4. The van der Waals surface area contributed by atoms with Crippen LogP contribution >= 0.6 is 0 Å². The van der Waals surface area contributed by atoms with Crippen molar-refractivity contribution in [3.63, 3.8) is 0 Å². The fourth-order valence-corrected chi connectivity index (χ4v) is 2.38. The Morgan fingerprint density at radius 3 is 2.59 bits per heavy atom. The highest BCUT2D eigenvalue weighted by Gasteiger charge is 2.07. The Hall–Kier alpha value is -2.56. The quantitative estimate of drug-likeness (QED) is 0.752. The lowest BCUT2D eigenvalue weighted by Gasteiger charge is -2.09. The van der Waals surface area contributed by atoms with Crippen molar-refractivity contribution >= 4 is 16.7 Å². The van der Waals surface area contributed by atoms with Gasteiger partial charge in [0.1, 0.15) is 17.9 Å². The maximum absolute atomic E-state index is 5.81. The third-order valence-corrected chi connectivity index (χ3v) is 3.94. The van der Waals surface area contributed by atoms with Crippen LogP contribution in [0.2, 0.25) is 0 Å². The zero-order chi connectivity index (χ0) is 15.7. The number of aromatic nitrogens is 3. The van der Waals surface area contributed by atoms with E-state index in [-0.39, 0.29) is 0 Å². The Morgan fingerprint density at radius 2 is 1.82 bits per heavy atom. The minimum absolute atomic E-state index is 0.536. The van der Waals surface area contributed by atoms with Gasteiger partial charge in [0.2, 0.25) is 0 Å². The predicted molar refractivity (Wildman–Crippen MR) is 88.1 cm³/mol. The third kappa shape index (κ3) is 2.74. The van der Waals surface area contributed by atoms with Crippen LogP contribution in [0.5, 0.6) is 5.75 Å². The van der Waals surface area contributed by atoms with Crippen LogP contribution in [0.25, 0.3) is 11.0 Å². The zero-order valence-corrected chi connectivity index (χ0v) is 13.1. The summed E-state index contributed by atoms with van der Waals surface area (Å²) in [4.78, 5) is 0. The zero-order valence-electron chi connectivity index (χ0n) is 13.1. The normalized spacial score (nSPS) is 11.0. The van der Waals surface area contributed by atoms with Crippen molar-refractivity contribution in [1.82, 2.24) is 15.0 Å². The first-order valence-corrected chi connectivity index (χ1v) is 7.34. The first-order chi connectivity index (χ1) is 10.5. The largest absolute Gasteiger partial charge is 0.492 e. The van der Waals surface area contributed by atoms with E-state index in [4.69, 9.17) is 10.5 Å². The summed E-state index contributed by atoms with van der Waals surface area (Å²) < 4.78 is 7.65. The van der Waals surface area contributed by atoms with Crippen molar-refractivity contribution in [3.05, 3.63) is 47.0 Å². The number of hydrogen-bond acceptors (Lipinski definition) is 4. The number of fused-ring (bicyclic) bond motifs is 1. The van der Waals surface area contributed by atoms with Gasteiger partial charge in [-0.3, -0.25) is 0 Å². The van der Waals surface area contributed by atoms with Gasteiger partial charge in [0, 0.05) is 5.69 Å². The van der Waals surface area contributed by atoms with E-state index in [9.17, 15) is 0 Å². The molecule has 0 spiro atoms. The monoisotopic (exact) mass is 296 g/mol. The Morgan fingerprint density at radius 1 is 1.05 bits per heavy atom. The Kier molecular flexibility index (Phi) is 3.71. The Bertz CT molecular complexity index is 823. The van der Waals surface area contributed by atoms with Gasteiger partial charge in [0.05, 0.1) is 12.1 Å². The molecule has 0 aliphatic heterocycles. The van der Waals surface area contributed by atoms with Crippen molar-refractivity contribution in [2.24, 2.45) is 0 Å². The average molecular weight is 296 g/mol. The molecule has 1 heterocycles. The Labute approximate surface area is 129 Å². The van der Waals surface area contributed by atoms with Gasteiger partial charge in [0.15, 0.2) is 0 Å². The van der Waals surface area contributed by atoms with Gasteiger partial charge in [-0.25, -0.2) is 4.68 Å². The van der Waals surface area contributed by atoms with Crippen molar-refractivity contribution in [2.45, 2.75) is 27.3 Å². The minimum Gasteiger partial charge on any atom is -0.492 e. The van der Waals surface area contributed by atoms with E-state index >= 15 is 0 Å². The first-order valence-electron chi connectivity index (χ1n) is 7.34. The van der Waals surface area contributed by atoms with E-state index in [1.165, 1.54) is 11.1 Å². The molecule has 0 aliphatic rings. The topological polar surface area (TPSA) is 66.0 Å². The van der Waals surface area contributed by atoms with Crippen LogP contribution in [0, 0.1) is 20.8 Å². The number of aryl methyl sites for hydroxylation is 3. The summed E-state index contributed by atoms with van der Waals surface area (Å²) in [5.74, 6) is 0.822.